The van der Waals surface area contributed by atoms with Crippen molar-refractivity contribution < 1.29 is 13.9 Å². The molecule has 0 atom stereocenters. The highest BCUT2D eigenvalue weighted by Crippen LogP contribution is 2.19. The summed E-state index contributed by atoms with van der Waals surface area (Å²) in [5.41, 5.74) is 0.752. The van der Waals surface area contributed by atoms with Crippen molar-refractivity contribution >= 4 is 28.6 Å². The number of hydrogen-bond acceptors (Lipinski definition) is 4. The van der Waals surface area contributed by atoms with Crippen LogP contribution in [-0.2, 0) is 4.79 Å². The molecular weight excluding hydrogens is 306 g/mol. The number of amides is 1. The van der Waals surface area contributed by atoms with Gasteiger partial charge in [0.15, 0.2) is 0 Å². The van der Waals surface area contributed by atoms with Crippen LogP contribution >= 0.6 is 0 Å². The average molecular weight is 321 g/mol. The Bertz CT molecular complexity index is 972. The minimum atomic E-state index is -0.590. The van der Waals surface area contributed by atoms with Gasteiger partial charge in [0, 0.05) is 17.0 Å². The van der Waals surface area contributed by atoms with E-state index in [0.717, 1.165) is 10.9 Å². The molecule has 0 aliphatic rings. The van der Waals surface area contributed by atoms with Crippen molar-refractivity contribution in [2.45, 2.75) is 0 Å². The monoisotopic (exact) mass is 321 g/mol. The molecule has 24 heavy (non-hydrogen) atoms. The van der Waals surface area contributed by atoms with Gasteiger partial charge in [0.2, 0.25) is 5.91 Å². The molecule has 0 spiro atoms. The van der Waals surface area contributed by atoms with E-state index in [-0.39, 0.29) is 5.69 Å². The van der Waals surface area contributed by atoms with Gasteiger partial charge in [0.05, 0.1) is 7.11 Å². The molecular formula is C19H15NO4. The summed E-state index contributed by atoms with van der Waals surface area (Å²) in [5.74, 6) is 0.232. The molecule has 1 aromatic heterocycles. The summed E-state index contributed by atoms with van der Waals surface area (Å²) in [7, 11) is 1.56. The number of carbonyl (C=O) groups is 1. The van der Waals surface area contributed by atoms with E-state index in [4.69, 9.17) is 9.15 Å². The first-order valence-corrected chi connectivity index (χ1v) is 7.32. The van der Waals surface area contributed by atoms with Crippen molar-refractivity contribution in [2.24, 2.45) is 0 Å². The Balaban J connectivity index is 1.81. The van der Waals surface area contributed by atoms with Crippen LogP contribution in [0.25, 0.3) is 17.0 Å². The van der Waals surface area contributed by atoms with Gasteiger partial charge < -0.3 is 14.5 Å². The van der Waals surface area contributed by atoms with Crippen LogP contribution in [-0.4, -0.2) is 13.0 Å². The minimum absolute atomic E-state index is 0.100. The van der Waals surface area contributed by atoms with E-state index in [1.54, 1.807) is 43.5 Å². The SMILES string of the molecule is COc1ccccc1/C=C/C(=O)Nc1cc2ccccc2oc1=O. The van der Waals surface area contributed by atoms with Crippen LogP contribution in [0.2, 0.25) is 0 Å². The van der Waals surface area contributed by atoms with Gasteiger partial charge in [0.1, 0.15) is 17.0 Å². The van der Waals surface area contributed by atoms with Gasteiger partial charge in [-0.3, -0.25) is 4.79 Å². The van der Waals surface area contributed by atoms with Crippen molar-refractivity contribution in [1.82, 2.24) is 0 Å². The third kappa shape index (κ3) is 3.35. The smallest absolute Gasteiger partial charge is 0.360 e. The first-order chi connectivity index (χ1) is 11.7. The van der Waals surface area contributed by atoms with E-state index in [2.05, 4.69) is 5.32 Å². The van der Waals surface area contributed by atoms with Crippen molar-refractivity contribution in [3.8, 4) is 5.75 Å². The average Bonchev–Trinajstić information content (AvgIpc) is 2.61. The highest BCUT2D eigenvalue weighted by atomic mass is 16.5. The molecule has 2 aromatic carbocycles. The predicted octanol–water partition coefficient (Wildman–Crippen LogP) is 3.45. The minimum Gasteiger partial charge on any atom is -0.496 e. The highest BCUT2D eigenvalue weighted by Gasteiger charge is 2.07. The van der Waals surface area contributed by atoms with Crippen LogP contribution in [0.4, 0.5) is 5.69 Å². The van der Waals surface area contributed by atoms with Crippen molar-refractivity contribution in [3.05, 3.63) is 76.7 Å². The van der Waals surface area contributed by atoms with Gasteiger partial charge in [-0.25, -0.2) is 4.79 Å². The normalized spacial score (nSPS) is 10.9. The van der Waals surface area contributed by atoms with Crippen LogP contribution in [0.1, 0.15) is 5.56 Å². The van der Waals surface area contributed by atoms with Gasteiger partial charge in [-0.05, 0) is 24.3 Å². The van der Waals surface area contributed by atoms with E-state index in [0.29, 0.717) is 11.3 Å². The van der Waals surface area contributed by atoms with E-state index < -0.39 is 11.5 Å². The second-order valence-electron chi connectivity index (χ2n) is 5.05. The van der Waals surface area contributed by atoms with E-state index in [1.807, 2.05) is 24.3 Å². The molecule has 0 aliphatic carbocycles. The molecule has 3 rings (SSSR count). The van der Waals surface area contributed by atoms with Crippen molar-refractivity contribution in [1.29, 1.82) is 0 Å². The maximum absolute atomic E-state index is 12.1. The molecule has 1 N–H and O–H groups in total. The van der Waals surface area contributed by atoms with Gasteiger partial charge in [-0.1, -0.05) is 36.4 Å². The zero-order chi connectivity index (χ0) is 16.9. The Labute approximate surface area is 138 Å². The molecule has 0 aliphatic heterocycles. The first-order valence-electron chi connectivity index (χ1n) is 7.32. The lowest BCUT2D eigenvalue weighted by molar-refractivity contribution is -0.111. The molecule has 1 amide bonds. The second-order valence-corrected chi connectivity index (χ2v) is 5.05. The molecule has 5 nitrogen and oxygen atoms in total. The van der Waals surface area contributed by atoms with Crippen LogP contribution < -0.4 is 15.7 Å². The molecule has 0 radical (unpaired) electrons. The maximum Gasteiger partial charge on any atom is 0.360 e. The largest absolute Gasteiger partial charge is 0.496 e. The summed E-state index contributed by atoms with van der Waals surface area (Å²) in [4.78, 5) is 24.0. The summed E-state index contributed by atoms with van der Waals surface area (Å²) < 4.78 is 10.4. The van der Waals surface area contributed by atoms with Gasteiger partial charge in [0.25, 0.3) is 0 Å². The summed E-state index contributed by atoms with van der Waals surface area (Å²) in [6, 6.07) is 16.0. The molecule has 0 saturated carbocycles. The number of para-hydroxylation sites is 2. The number of rotatable bonds is 4. The van der Waals surface area contributed by atoms with Crippen molar-refractivity contribution in [3.63, 3.8) is 0 Å². The lowest BCUT2D eigenvalue weighted by Crippen LogP contribution is -2.15. The fourth-order valence-electron chi connectivity index (χ4n) is 2.29. The predicted molar refractivity (Wildman–Crippen MR) is 93.1 cm³/mol. The molecule has 1 heterocycles. The zero-order valence-corrected chi connectivity index (χ0v) is 13.0. The summed E-state index contributed by atoms with van der Waals surface area (Å²) >= 11 is 0. The van der Waals surface area contributed by atoms with Crippen LogP contribution in [0, 0.1) is 0 Å². The molecule has 0 fully saturated rings. The number of anilines is 1. The number of carbonyl (C=O) groups excluding carboxylic acids is 1. The van der Waals surface area contributed by atoms with E-state index >= 15 is 0 Å². The maximum atomic E-state index is 12.1. The molecule has 120 valence electrons. The summed E-state index contributed by atoms with van der Waals surface area (Å²) in [5, 5.41) is 3.27. The zero-order valence-electron chi connectivity index (χ0n) is 13.0. The van der Waals surface area contributed by atoms with Crippen LogP contribution in [0.15, 0.2) is 69.9 Å². The van der Waals surface area contributed by atoms with Gasteiger partial charge in [-0.2, -0.15) is 0 Å². The first kappa shape index (κ1) is 15.6. The standard InChI is InChI=1S/C19H15NO4/c1-23-16-8-4-2-6-13(16)10-11-18(21)20-15-12-14-7-3-5-9-17(14)24-19(15)22/h2-12H,1H3,(H,20,21)/b11-10+. The van der Waals surface area contributed by atoms with Gasteiger partial charge >= 0.3 is 5.63 Å². The summed E-state index contributed by atoms with van der Waals surface area (Å²) in [6.45, 7) is 0. The Hall–Kier alpha value is -3.34. The van der Waals surface area contributed by atoms with Crippen molar-refractivity contribution in [2.75, 3.05) is 12.4 Å². The summed E-state index contributed by atoms with van der Waals surface area (Å²) in [6.07, 6.45) is 2.96. The Morgan fingerprint density at radius 3 is 2.71 bits per heavy atom. The molecule has 0 unspecified atom stereocenters. The third-order valence-electron chi connectivity index (χ3n) is 3.45. The number of benzene rings is 2. The molecule has 0 saturated heterocycles. The lowest BCUT2D eigenvalue weighted by atomic mass is 10.2. The number of ether oxygens (including phenoxy) is 1. The van der Waals surface area contributed by atoms with E-state index in [1.165, 1.54) is 6.08 Å². The van der Waals surface area contributed by atoms with Gasteiger partial charge in [-0.15, -0.1) is 0 Å². The number of nitrogens with one attached hydrogen (secondary N) is 1. The molecule has 3 aromatic rings. The van der Waals surface area contributed by atoms with Crippen LogP contribution in [0.3, 0.4) is 0 Å². The molecule has 5 heteroatoms. The fraction of sp³-hybridized carbons (Fsp3) is 0.0526. The molecule has 0 bridgehead atoms. The number of hydrogen-bond donors (Lipinski definition) is 1. The number of methoxy groups -OCH3 is 1. The third-order valence-corrected chi connectivity index (χ3v) is 3.45. The van der Waals surface area contributed by atoms with Crippen LogP contribution in [0.5, 0.6) is 5.75 Å². The Kier molecular flexibility index (Phi) is 4.43. The fourth-order valence-corrected chi connectivity index (χ4v) is 2.29. The quantitative estimate of drug-likeness (QED) is 0.590. The Morgan fingerprint density at radius 2 is 1.88 bits per heavy atom. The lowest BCUT2D eigenvalue weighted by Gasteiger charge is -2.04. The Morgan fingerprint density at radius 1 is 1.12 bits per heavy atom. The topological polar surface area (TPSA) is 68.5 Å². The highest BCUT2D eigenvalue weighted by molar-refractivity contribution is 6.02. The second kappa shape index (κ2) is 6.83. The number of fused-ring (bicyclic) bond motifs is 1. The van der Waals surface area contributed by atoms with E-state index in [9.17, 15) is 9.59 Å².